The number of rotatable bonds is 5. The standard InChI is InChI=1S/C16H19NO4/c1-21-14-7-5-12(6-8-16(19)20)13(10-14)11-17-9-3-2-4-15(17)18/h5-8,10H,2-4,9,11H2,1H3,(H,19,20). The van der Waals surface area contributed by atoms with Crippen molar-refractivity contribution in [1.82, 2.24) is 4.90 Å². The van der Waals surface area contributed by atoms with Crippen LogP contribution < -0.4 is 4.74 Å². The second-order valence-corrected chi connectivity index (χ2v) is 5.01. The van der Waals surface area contributed by atoms with E-state index in [9.17, 15) is 9.59 Å². The van der Waals surface area contributed by atoms with Gasteiger partial charge in [0.05, 0.1) is 7.11 Å². The van der Waals surface area contributed by atoms with Gasteiger partial charge in [-0.3, -0.25) is 4.79 Å². The molecule has 1 amide bonds. The predicted molar refractivity (Wildman–Crippen MR) is 78.9 cm³/mol. The molecule has 0 saturated carbocycles. The van der Waals surface area contributed by atoms with Crippen molar-refractivity contribution >= 4 is 18.0 Å². The van der Waals surface area contributed by atoms with Gasteiger partial charge in [-0.15, -0.1) is 0 Å². The number of ether oxygens (including phenoxy) is 1. The van der Waals surface area contributed by atoms with E-state index >= 15 is 0 Å². The van der Waals surface area contributed by atoms with Crippen molar-refractivity contribution < 1.29 is 19.4 Å². The molecule has 112 valence electrons. The molecule has 5 nitrogen and oxygen atoms in total. The number of aliphatic carboxylic acids is 1. The minimum absolute atomic E-state index is 0.150. The van der Waals surface area contributed by atoms with Gasteiger partial charge in [0.25, 0.3) is 0 Å². The highest BCUT2D eigenvalue weighted by Crippen LogP contribution is 2.22. The summed E-state index contributed by atoms with van der Waals surface area (Å²) in [6.45, 7) is 1.23. The number of benzene rings is 1. The number of amides is 1. The van der Waals surface area contributed by atoms with Crippen LogP contribution in [0.15, 0.2) is 24.3 Å². The number of piperidine rings is 1. The van der Waals surface area contributed by atoms with Gasteiger partial charge in [-0.25, -0.2) is 4.79 Å². The Bertz CT molecular complexity index is 565. The topological polar surface area (TPSA) is 66.8 Å². The van der Waals surface area contributed by atoms with Crippen LogP contribution in [0.25, 0.3) is 6.08 Å². The molecule has 0 bridgehead atoms. The zero-order valence-corrected chi connectivity index (χ0v) is 12.0. The van der Waals surface area contributed by atoms with Crippen LogP contribution in [0.2, 0.25) is 0 Å². The van der Waals surface area contributed by atoms with E-state index in [0.29, 0.717) is 18.7 Å². The minimum Gasteiger partial charge on any atom is -0.497 e. The first-order chi connectivity index (χ1) is 10.1. The summed E-state index contributed by atoms with van der Waals surface area (Å²) in [6.07, 6.45) is 5.19. The second-order valence-electron chi connectivity index (χ2n) is 5.01. The van der Waals surface area contributed by atoms with E-state index in [1.54, 1.807) is 19.3 Å². The lowest BCUT2D eigenvalue weighted by atomic mass is 10.0. The number of carboxylic acid groups (broad SMARTS) is 1. The highest BCUT2D eigenvalue weighted by atomic mass is 16.5. The zero-order chi connectivity index (χ0) is 15.2. The van der Waals surface area contributed by atoms with Crippen LogP contribution >= 0.6 is 0 Å². The summed E-state index contributed by atoms with van der Waals surface area (Å²) in [7, 11) is 1.58. The van der Waals surface area contributed by atoms with Crippen molar-refractivity contribution in [2.24, 2.45) is 0 Å². The Morgan fingerprint density at radius 1 is 1.43 bits per heavy atom. The Morgan fingerprint density at radius 2 is 2.24 bits per heavy atom. The van der Waals surface area contributed by atoms with Crippen molar-refractivity contribution in [2.75, 3.05) is 13.7 Å². The fraction of sp³-hybridized carbons (Fsp3) is 0.375. The molecule has 1 fully saturated rings. The average Bonchev–Trinajstić information content (AvgIpc) is 2.48. The van der Waals surface area contributed by atoms with Crippen LogP contribution in [0.5, 0.6) is 5.75 Å². The summed E-state index contributed by atoms with van der Waals surface area (Å²) in [5, 5.41) is 8.75. The summed E-state index contributed by atoms with van der Waals surface area (Å²) in [5.74, 6) is -0.148. The van der Waals surface area contributed by atoms with Gasteiger partial charge in [-0.1, -0.05) is 6.07 Å². The van der Waals surface area contributed by atoms with Crippen molar-refractivity contribution in [2.45, 2.75) is 25.8 Å². The van der Waals surface area contributed by atoms with Crippen LogP contribution in [0, 0.1) is 0 Å². The number of hydrogen-bond donors (Lipinski definition) is 1. The van der Waals surface area contributed by atoms with Gasteiger partial charge < -0.3 is 14.7 Å². The van der Waals surface area contributed by atoms with E-state index in [1.165, 1.54) is 0 Å². The number of hydrogen-bond acceptors (Lipinski definition) is 3. The molecule has 21 heavy (non-hydrogen) atoms. The van der Waals surface area contributed by atoms with Crippen LogP contribution in [-0.4, -0.2) is 35.5 Å². The summed E-state index contributed by atoms with van der Waals surface area (Å²) < 4.78 is 5.21. The number of methoxy groups -OCH3 is 1. The van der Waals surface area contributed by atoms with E-state index in [-0.39, 0.29) is 5.91 Å². The largest absolute Gasteiger partial charge is 0.497 e. The first-order valence-corrected chi connectivity index (χ1v) is 6.96. The number of likely N-dealkylation sites (tertiary alicyclic amines) is 1. The van der Waals surface area contributed by atoms with Crippen molar-refractivity contribution in [3.8, 4) is 5.75 Å². The van der Waals surface area contributed by atoms with E-state index in [0.717, 1.165) is 36.6 Å². The molecule has 5 heteroatoms. The Balaban J connectivity index is 2.25. The minimum atomic E-state index is -0.995. The maximum absolute atomic E-state index is 11.9. The van der Waals surface area contributed by atoms with Crippen molar-refractivity contribution in [1.29, 1.82) is 0 Å². The highest BCUT2D eigenvalue weighted by molar-refractivity contribution is 5.85. The fourth-order valence-electron chi connectivity index (χ4n) is 2.40. The number of carbonyl (C=O) groups excluding carboxylic acids is 1. The molecular weight excluding hydrogens is 270 g/mol. The van der Waals surface area contributed by atoms with Gasteiger partial charge in [-0.05, 0) is 42.2 Å². The maximum Gasteiger partial charge on any atom is 0.328 e. The Morgan fingerprint density at radius 3 is 2.90 bits per heavy atom. The summed E-state index contributed by atoms with van der Waals surface area (Å²) >= 11 is 0. The molecule has 0 atom stereocenters. The molecule has 0 aromatic heterocycles. The summed E-state index contributed by atoms with van der Waals surface area (Å²) in [4.78, 5) is 24.4. The Labute approximate surface area is 123 Å². The first-order valence-electron chi connectivity index (χ1n) is 6.96. The van der Waals surface area contributed by atoms with E-state index in [4.69, 9.17) is 9.84 Å². The number of nitrogens with zero attached hydrogens (tertiary/aromatic N) is 1. The molecule has 2 rings (SSSR count). The average molecular weight is 289 g/mol. The first kappa shape index (κ1) is 15.1. The van der Waals surface area contributed by atoms with Crippen molar-refractivity contribution in [3.63, 3.8) is 0 Å². The molecule has 1 N–H and O–H groups in total. The lowest BCUT2D eigenvalue weighted by Crippen LogP contribution is -2.34. The number of carboxylic acids is 1. The van der Waals surface area contributed by atoms with Gasteiger partial charge >= 0.3 is 5.97 Å². The third-order valence-corrected chi connectivity index (χ3v) is 3.54. The molecule has 1 saturated heterocycles. The van der Waals surface area contributed by atoms with E-state index in [2.05, 4.69) is 0 Å². The van der Waals surface area contributed by atoms with Gasteiger partial charge in [0, 0.05) is 25.6 Å². The molecule has 1 heterocycles. The van der Waals surface area contributed by atoms with Gasteiger partial charge in [0.2, 0.25) is 5.91 Å². The lowest BCUT2D eigenvalue weighted by molar-refractivity contribution is -0.134. The van der Waals surface area contributed by atoms with E-state index < -0.39 is 5.97 Å². The molecule has 1 aliphatic heterocycles. The molecule has 0 spiro atoms. The molecule has 0 radical (unpaired) electrons. The molecular formula is C16H19NO4. The fourth-order valence-corrected chi connectivity index (χ4v) is 2.40. The van der Waals surface area contributed by atoms with Crippen LogP contribution in [0.1, 0.15) is 30.4 Å². The maximum atomic E-state index is 11.9. The van der Waals surface area contributed by atoms with Crippen LogP contribution in [0.4, 0.5) is 0 Å². The van der Waals surface area contributed by atoms with Gasteiger partial charge in [0.15, 0.2) is 0 Å². The molecule has 1 aromatic rings. The zero-order valence-electron chi connectivity index (χ0n) is 12.0. The number of carbonyl (C=O) groups is 2. The quantitative estimate of drug-likeness (QED) is 0.845. The lowest BCUT2D eigenvalue weighted by Gasteiger charge is -2.27. The SMILES string of the molecule is COc1ccc(C=CC(=O)O)c(CN2CCCCC2=O)c1. The Hall–Kier alpha value is -2.30. The summed E-state index contributed by atoms with van der Waals surface area (Å²) in [6, 6.07) is 5.44. The third kappa shape index (κ3) is 4.08. The third-order valence-electron chi connectivity index (χ3n) is 3.54. The highest BCUT2D eigenvalue weighted by Gasteiger charge is 2.19. The van der Waals surface area contributed by atoms with Crippen molar-refractivity contribution in [3.05, 3.63) is 35.4 Å². The molecule has 0 aliphatic carbocycles. The summed E-state index contributed by atoms with van der Waals surface area (Å²) in [5.41, 5.74) is 1.68. The second kappa shape index (κ2) is 6.92. The smallest absolute Gasteiger partial charge is 0.328 e. The monoisotopic (exact) mass is 289 g/mol. The Kier molecular flexibility index (Phi) is 4.98. The van der Waals surface area contributed by atoms with Crippen LogP contribution in [-0.2, 0) is 16.1 Å². The molecule has 1 aromatic carbocycles. The predicted octanol–water partition coefficient (Wildman–Crippen LogP) is 2.31. The van der Waals surface area contributed by atoms with Gasteiger partial charge in [-0.2, -0.15) is 0 Å². The molecule has 1 aliphatic rings. The van der Waals surface area contributed by atoms with Crippen LogP contribution in [0.3, 0.4) is 0 Å². The van der Waals surface area contributed by atoms with E-state index in [1.807, 2.05) is 17.0 Å². The normalized spacial score (nSPS) is 15.5. The molecule has 0 unspecified atom stereocenters. The van der Waals surface area contributed by atoms with Gasteiger partial charge in [0.1, 0.15) is 5.75 Å².